The van der Waals surface area contributed by atoms with Gasteiger partial charge in [-0.05, 0) is 19.1 Å². The molecule has 0 atom stereocenters. The molecule has 0 heterocycles. The zero-order valence-electron chi connectivity index (χ0n) is 9.08. The standard InChI is InChI=1S/C11H14FNO2/c1-4-13(2)11(14)9-6-5-8(15-3)7-10(9)12/h5-7H,4H2,1-3H3. The minimum absolute atomic E-state index is 0.0696. The lowest BCUT2D eigenvalue weighted by atomic mass is 10.2. The predicted molar refractivity (Wildman–Crippen MR) is 55.6 cm³/mol. The van der Waals surface area contributed by atoms with Gasteiger partial charge >= 0.3 is 0 Å². The van der Waals surface area contributed by atoms with Gasteiger partial charge in [-0.3, -0.25) is 4.79 Å². The number of amides is 1. The average molecular weight is 211 g/mol. The van der Waals surface area contributed by atoms with E-state index >= 15 is 0 Å². The number of rotatable bonds is 3. The third kappa shape index (κ3) is 2.46. The molecular weight excluding hydrogens is 197 g/mol. The molecule has 82 valence electrons. The first-order chi connectivity index (χ1) is 7.10. The highest BCUT2D eigenvalue weighted by Gasteiger charge is 2.15. The fourth-order valence-corrected chi connectivity index (χ4v) is 1.15. The van der Waals surface area contributed by atoms with Gasteiger partial charge in [0.2, 0.25) is 0 Å². The van der Waals surface area contributed by atoms with Crippen LogP contribution in [0.15, 0.2) is 18.2 Å². The molecule has 3 nitrogen and oxygen atoms in total. The van der Waals surface area contributed by atoms with E-state index in [-0.39, 0.29) is 11.5 Å². The molecule has 0 saturated carbocycles. The summed E-state index contributed by atoms with van der Waals surface area (Å²) in [5.74, 6) is -0.472. The van der Waals surface area contributed by atoms with Crippen LogP contribution >= 0.6 is 0 Å². The normalized spacial score (nSPS) is 9.87. The highest BCUT2D eigenvalue weighted by molar-refractivity contribution is 5.94. The van der Waals surface area contributed by atoms with E-state index < -0.39 is 5.82 Å². The topological polar surface area (TPSA) is 29.5 Å². The molecule has 1 amide bonds. The predicted octanol–water partition coefficient (Wildman–Crippen LogP) is 1.93. The van der Waals surface area contributed by atoms with Crippen molar-refractivity contribution in [1.82, 2.24) is 4.90 Å². The van der Waals surface area contributed by atoms with Crippen LogP contribution in [0.3, 0.4) is 0 Å². The Kier molecular flexibility index (Phi) is 3.66. The monoisotopic (exact) mass is 211 g/mol. The first kappa shape index (κ1) is 11.5. The number of carbonyl (C=O) groups is 1. The van der Waals surface area contributed by atoms with Gasteiger partial charge in [-0.2, -0.15) is 0 Å². The number of hydrogen-bond acceptors (Lipinski definition) is 2. The summed E-state index contributed by atoms with van der Waals surface area (Å²) in [6.07, 6.45) is 0. The fourth-order valence-electron chi connectivity index (χ4n) is 1.15. The van der Waals surface area contributed by atoms with Crippen molar-refractivity contribution in [1.29, 1.82) is 0 Å². The van der Waals surface area contributed by atoms with Crippen LogP contribution in [0.2, 0.25) is 0 Å². The summed E-state index contributed by atoms with van der Waals surface area (Å²) in [5.41, 5.74) is 0.0696. The molecule has 15 heavy (non-hydrogen) atoms. The van der Waals surface area contributed by atoms with Crippen LogP contribution in [-0.2, 0) is 0 Å². The molecule has 0 spiro atoms. The molecular formula is C11H14FNO2. The molecule has 1 aromatic rings. The van der Waals surface area contributed by atoms with Gasteiger partial charge in [-0.25, -0.2) is 4.39 Å². The van der Waals surface area contributed by atoms with E-state index in [2.05, 4.69) is 0 Å². The lowest BCUT2D eigenvalue weighted by molar-refractivity contribution is 0.0798. The van der Waals surface area contributed by atoms with E-state index in [9.17, 15) is 9.18 Å². The average Bonchev–Trinajstić information content (AvgIpc) is 2.26. The van der Waals surface area contributed by atoms with Crippen LogP contribution in [-0.4, -0.2) is 31.5 Å². The summed E-state index contributed by atoms with van der Waals surface area (Å²) in [7, 11) is 3.08. The number of carbonyl (C=O) groups excluding carboxylic acids is 1. The van der Waals surface area contributed by atoms with Crippen molar-refractivity contribution in [3.63, 3.8) is 0 Å². The summed E-state index contributed by atoms with van der Waals surface area (Å²) < 4.78 is 18.3. The second kappa shape index (κ2) is 4.77. The number of nitrogens with zero attached hydrogens (tertiary/aromatic N) is 1. The van der Waals surface area contributed by atoms with Crippen LogP contribution in [0.4, 0.5) is 4.39 Å². The van der Waals surface area contributed by atoms with Crippen LogP contribution in [0.5, 0.6) is 5.75 Å². The van der Waals surface area contributed by atoms with Crippen molar-refractivity contribution in [2.24, 2.45) is 0 Å². The zero-order chi connectivity index (χ0) is 11.4. The maximum atomic E-state index is 13.5. The van der Waals surface area contributed by atoms with Gasteiger partial charge in [0.05, 0.1) is 12.7 Å². The van der Waals surface area contributed by atoms with Crippen LogP contribution in [0.1, 0.15) is 17.3 Å². The van der Waals surface area contributed by atoms with Crippen molar-refractivity contribution in [2.75, 3.05) is 20.7 Å². The molecule has 4 heteroatoms. The third-order valence-corrected chi connectivity index (χ3v) is 2.23. The van der Waals surface area contributed by atoms with Gasteiger partial charge < -0.3 is 9.64 Å². The Hall–Kier alpha value is -1.58. The van der Waals surface area contributed by atoms with Crippen LogP contribution in [0, 0.1) is 5.82 Å². The van der Waals surface area contributed by atoms with Gasteiger partial charge in [-0.15, -0.1) is 0 Å². The van der Waals surface area contributed by atoms with Gasteiger partial charge in [0.1, 0.15) is 11.6 Å². The maximum Gasteiger partial charge on any atom is 0.256 e. The molecule has 0 fully saturated rings. The number of hydrogen-bond donors (Lipinski definition) is 0. The molecule has 0 radical (unpaired) electrons. The Bertz CT molecular complexity index is 366. The second-order valence-corrected chi connectivity index (χ2v) is 3.17. The second-order valence-electron chi connectivity index (χ2n) is 3.17. The summed E-state index contributed by atoms with van der Waals surface area (Å²) in [5, 5.41) is 0. The van der Waals surface area contributed by atoms with E-state index in [1.165, 1.54) is 24.1 Å². The molecule has 0 N–H and O–H groups in total. The van der Waals surface area contributed by atoms with E-state index in [0.717, 1.165) is 0 Å². The molecule has 0 saturated heterocycles. The van der Waals surface area contributed by atoms with Crippen molar-refractivity contribution < 1.29 is 13.9 Å². The minimum atomic E-state index is -0.556. The third-order valence-electron chi connectivity index (χ3n) is 2.23. The molecule has 1 rings (SSSR count). The molecule has 0 bridgehead atoms. The fraction of sp³-hybridized carbons (Fsp3) is 0.364. The number of methoxy groups -OCH3 is 1. The Balaban J connectivity index is 3.00. The SMILES string of the molecule is CCN(C)C(=O)c1ccc(OC)cc1F. The lowest BCUT2D eigenvalue weighted by Gasteiger charge is -2.15. The zero-order valence-corrected chi connectivity index (χ0v) is 9.08. The van der Waals surface area contributed by atoms with Crippen molar-refractivity contribution in [2.45, 2.75) is 6.92 Å². The van der Waals surface area contributed by atoms with Crippen molar-refractivity contribution in [3.8, 4) is 5.75 Å². The summed E-state index contributed by atoms with van der Waals surface area (Å²) in [4.78, 5) is 13.1. The quantitative estimate of drug-likeness (QED) is 0.764. The highest BCUT2D eigenvalue weighted by Crippen LogP contribution is 2.17. The van der Waals surface area contributed by atoms with E-state index in [0.29, 0.717) is 12.3 Å². The van der Waals surface area contributed by atoms with Crippen LogP contribution in [0.25, 0.3) is 0 Å². The van der Waals surface area contributed by atoms with Crippen molar-refractivity contribution >= 4 is 5.91 Å². The van der Waals surface area contributed by atoms with Gasteiger partial charge in [-0.1, -0.05) is 0 Å². The van der Waals surface area contributed by atoms with E-state index in [1.54, 1.807) is 13.1 Å². The smallest absolute Gasteiger partial charge is 0.256 e. The summed E-state index contributed by atoms with van der Waals surface area (Å²) in [6.45, 7) is 2.38. The molecule has 0 aromatic heterocycles. The molecule has 1 aromatic carbocycles. The summed E-state index contributed by atoms with van der Waals surface area (Å²) in [6, 6.07) is 4.21. The maximum absolute atomic E-state index is 13.5. The number of benzene rings is 1. The first-order valence-corrected chi connectivity index (χ1v) is 4.69. The molecule has 0 aliphatic carbocycles. The Morgan fingerprint density at radius 1 is 1.53 bits per heavy atom. The Morgan fingerprint density at radius 3 is 2.67 bits per heavy atom. The first-order valence-electron chi connectivity index (χ1n) is 4.69. The molecule has 0 aliphatic heterocycles. The highest BCUT2D eigenvalue weighted by atomic mass is 19.1. The van der Waals surface area contributed by atoms with Gasteiger partial charge in [0, 0.05) is 19.7 Å². The minimum Gasteiger partial charge on any atom is -0.497 e. The Morgan fingerprint density at radius 2 is 2.20 bits per heavy atom. The van der Waals surface area contributed by atoms with Crippen LogP contribution < -0.4 is 4.74 Å². The van der Waals surface area contributed by atoms with Gasteiger partial charge in [0.15, 0.2) is 0 Å². The Labute approximate surface area is 88.5 Å². The number of ether oxygens (including phenoxy) is 1. The molecule has 0 unspecified atom stereocenters. The largest absolute Gasteiger partial charge is 0.497 e. The van der Waals surface area contributed by atoms with Crippen molar-refractivity contribution in [3.05, 3.63) is 29.6 Å². The number of halogens is 1. The van der Waals surface area contributed by atoms with Gasteiger partial charge in [0.25, 0.3) is 5.91 Å². The molecule has 0 aliphatic rings. The summed E-state index contributed by atoms with van der Waals surface area (Å²) >= 11 is 0. The lowest BCUT2D eigenvalue weighted by Crippen LogP contribution is -2.27. The van der Waals surface area contributed by atoms with E-state index in [4.69, 9.17) is 4.74 Å². The van der Waals surface area contributed by atoms with E-state index in [1.807, 2.05) is 6.92 Å².